The van der Waals surface area contributed by atoms with Gasteiger partial charge in [-0.1, -0.05) is 49.6 Å². The van der Waals surface area contributed by atoms with Gasteiger partial charge in [0.05, 0.1) is 0 Å². The molecule has 1 amide bonds. The van der Waals surface area contributed by atoms with E-state index in [9.17, 15) is 4.79 Å². The number of furan rings is 1. The third-order valence-electron chi connectivity index (χ3n) is 4.93. The number of carbonyl (C=O) groups excluding carboxylic acids is 1. The third-order valence-corrected chi connectivity index (χ3v) is 4.93. The quantitative estimate of drug-likeness (QED) is 0.699. The average Bonchev–Trinajstić information content (AvgIpc) is 3.16. The van der Waals surface area contributed by atoms with E-state index in [-0.39, 0.29) is 11.9 Å². The van der Waals surface area contributed by atoms with Crippen LogP contribution < -0.4 is 10.1 Å². The minimum Gasteiger partial charge on any atom is -0.486 e. The van der Waals surface area contributed by atoms with Crippen LogP contribution in [0.5, 0.6) is 5.75 Å². The molecule has 1 aromatic heterocycles. The number of hydrogen-bond acceptors (Lipinski definition) is 3. The van der Waals surface area contributed by atoms with Gasteiger partial charge < -0.3 is 14.5 Å². The van der Waals surface area contributed by atoms with Crippen molar-refractivity contribution < 1.29 is 13.9 Å². The van der Waals surface area contributed by atoms with Crippen LogP contribution in [-0.4, -0.2) is 11.9 Å². The Morgan fingerprint density at radius 1 is 1.00 bits per heavy atom. The lowest BCUT2D eigenvalue weighted by Gasteiger charge is -2.22. The van der Waals surface area contributed by atoms with E-state index in [2.05, 4.69) is 17.4 Å². The zero-order valence-electron chi connectivity index (χ0n) is 14.7. The summed E-state index contributed by atoms with van der Waals surface area (Å²) in [7, 11) is 0. The highest BCUT2D eigenvalue weighted by atomic mass is 16.5. The summed E-state index contributed by atoms with van der Waals surface area (Å²) in [6.07, 6.45) is 5.76. The van der Waals surface area contributed by atoms with Crippen LogP contribution in [0, 0.1) is 0 Å². The summed E-state index contributed by atoms with van der Waals surface area (Å²) in [5.41, 5.74) is 0. The molecule has 2 aromatic carbocycles. The van der Waals surface area contributed by atoms with Crippen LogP contribution in [0.15, 0.2) is 59.0 Å². The second-order valence-electron chi connectivity index (χ2n) is 6.87. The van der Waals surface area contributed by atoms with Crippen molar-refractivity contribution in [1.82, 2.24) is 5.32 Å². The van der Waals surface area contributed by atoms with E-state index in [4.69, 9.17) is 9.15 Å². The van der Waals surface area contributed by atoms with Gasteiger partial charge in [-0.3, -0.25) is 4.79 Å². The second-order valence-corrected chi connectivity index (χ2v) is 6.87. The van der Waals surface area contributed by atoms with Crippen LogP contribution in [0.3, 0.4) is 0 Å². The fourth-order valence-electron chi connectivity index (χ4n) is 3.49. The first kappa shape index (κ1) is 16.7. The molecule has 26 heavy (non-hydrogen) atoms. The highest BCUT2D eigenvalue weighted by Gasteiger charge is 2.18. The van der Waals surface area contributed by atoms with Crippen molar-refractivity contribution >= 4 is 16.7 Å². The minimum atomic E-state index is -0.131. The maximum atomic E-state index is 12.3. The maximum Gasteiger partial charge on any atom is 0.287 e. The molecule has 4 nitrogen and oxygen atoms in total. The van der Waals surface area contributed by atoms with Crippen molar-refractivity contribution in [2.24, 2.45) is 0 Å². The monoisotopic (exact) mass is 349 g/mol. The molecule has 0 spiro atoms. The number of carbonyl (C=O) groups is 1. The summed E-state index contributed by atoms with van der Waals surface area (Å²) >= 11 is 0. The fraction of sp³-hybridized carbons (Fsp3) is 0.318. The van der Waals surface area contributed by atoms with Gasteiger partial charge in [-0.05, 0) is 47.9 Å². The van der Waals surface area contributed by atoms with Crippen molar-refractivity contribution in [3.05, 3.63) is 66.1 Å². The SMILES string of the molecule is O=C(NC1CCCCC1)c1ccc(COc2ccc3ccccc3c2)o1. The van der Waals surface area contributed by atoms with Crippen LogP contribution in [0.1, 0.15) is 48.4 Å². The van der Waals surface area contributed by atoms with Crippen molar-refractivity contribution in [1.29, 1.82) is 0 Å². The topological polar surface area (TPSA) is 51.5 Å². The van der Waals surface area contributed by atoms with Gasteiger partial charge in [0, 0.05) is 6.04 Å². The number of rotatable bonds is 5. The molecule has 0 aliphatic heterocycles. The molecular formula is C22H23NO3. The lowest BCUT2D eigenvalue weighted by Crippen LogP contribution is -2.35. The predicted molar refractivity (Wildman–Crippen MR) is 101 cm³/mol. The van der Waals surface area contributed by atoms with Gasteiger partial charge in [0.15, 0.2) is 5.76 Å². The molecule has 0 bridgehead atoms. The molecular weight excluding hydrogens is 326 g/mol. The van der Waals surface area contributed by atoms with Gasteiger partial charge in [0.1, 0.15) is 18.1 Å². The van der Waals surface area contributed by atoms with E-state index in [0.29, 0.717) is 18.1 Å². The Morgan fingerprint density at radius 3 is 2.65 bits per heavy atom. The zero-order chi connectivity index (χ0) is 17.8. The van der Waals surface area contributed by atoms with E-state index in [1.807, 2.05) is 30.3 Å². The molecule has 3 aromatic rings. The van der Waals surface area contributed by atoms with Crippen LogP contribution >= 0.6 is 0 Å². The standard InChI is InChI=1S/C22H23NO3/c24-22(23-18-8-2-1-3-9-18)21-13-12-20(26-21)15-25-19-11-10-16-6-4-5-7-17(16)14-19/h4-7,10-14,18H,1-3,8-9,15H2,(H,23,24). The summed E-state index contributed by atoms with van der Waals surface area (Å²) in [5.74, 6) is 1.65. The third kappa shape index (κ3) is 3.90. The zero-order valence-corrected chi connectivity index (χ0v) is 14.7. The molecule has 0 atom stereocenters. The second kappa shape index (κ2) is 7.65. The molecule has 4 rings (SSSR count). The van der Waals surface area contributed by atoms with Crippen molar-refractivity contribution in [2.45, 2.75) is 44.8 Å². The Labute approximate surface area is 153 Å². The summed E-state index contributed by atoms with van der Waals surface area (Å²) < 4.78 is 11.5. The summed E-state index contributed by atoms with van der Waals surface area (Å²) in [5, 5.41) is 5.39. The molecule has 1 fully saturated rings. The summed E-state index contributed by atoms with van der Waals surface area (Å²) in [6.45, 7) is 0.301. The fourth-order valence-corrected chi connectivity index (χ4v) is 3.49. The Hall–Kier alpha value is -2.75. The molecule has 0 radical (unpaired) electrons. The lowest BCUT2D eigenvalue weighted by atomic mass is 9.95. The highest BCUT2D eigenvalue weighted by Crippen LogP contribution is 2.22. The first-order valence-corrected chi connectivity index (χ1v) is 9.29. The summed E-state index contributed by atoms with van der Waals surface area (Å²) in [4.78, 5) is 12.3. The van der Waals surface area contributed by atoms with E-state index in [1.165, 1.54) is 24.6 Å². The molecule has 1 heterocycles. The van der Waals surface area contributed by atoms with Crippen molar-refractivity contribution in [2.75, 3.05) is 0 Å². The molecule has 1 aliphatic carbocycles. The number of amides is 1. The van der Waals surface area contributed by atoms with Gasteiger partial charge >= 0.3 is 0 Å². The Kier molecular flexibility index (Phi) is 4.91. The Balaban J connectivity index is 1.35. The largest absolute Gasteiger partial charge is 0.486 e. The number of nitrogens with one attached hydrogen (secondary N) is 1. The number of benzene rings is 2. The van der Waals surface area contributed by atoms with Crippen LogP contribution in [-0.2, 0) is 6.61 Å². The van der Waals surface area contributed by atoms with Crippen LogP contribution in [0.4, 0.5) is 0 Å². The normalized spacial score (nSPS) is 15.1. The Bertz CT molecular complexity index is 893. The smallest absolute Gasteiger partial charge is 0.287 e. The van der Waals surface area contributed by atoms with Crippen molar-refractivity contribution in [3.63, 3.8) is 0 Å². The van der Waals surface area contributed by atoms with Crippen molar-refractivity contribution in [3.8, 4) is 5.75 Å². The molecule has 0 saturated heterocycles. The number of ether oxygens (including phenoxy) is 1. The molecule has 0 unspecified atom stereocenters. The lowest BCUT2D eigenvalue weighted by molar-refractivity contribution is 0.0895. The minimum absolute atomic E-state index is 0.131. The average molecular weight is 349 g/mol. The van der Waals surface area contributed by atoms with Gasteiger partial charge in [-0.15, -0.1) is 0 Å². The maximum absolute atomic E-state index is 12.3. The predicted octanol–water partition coefficient (Wildman–Crippen LogP) is 5.07. The van der Waals surface area contributed by atoms with E-state index in [1.54, 1.807) is 12.1 Å². The van der Waals surface area contributed by atoms with E-state index in [0.717, 1.165) is 24.0 Å². The molecule has 134 valence electrons. The first-order valence-electron chi connectivity index (χ1n) is 9.29. The van der Waals surface area contributed by atoms with Gasteiger partial charge in [0.2, 0.25) is 0 Å². The number of hydrogen-bond donors (Lipinski definition) is 1. The molecule has 1 N–H and O–H groups in total. The Morgan fingerprint density at radius 2 is 1.81 bits per heavy atom. The number of fused-ring (bicyclic) bond motifs is 1. The summed E-state index contributed by atoms with van der Waals surface area (Å²) in [6, 6.07) is 18.0. The highest BCUT2D eigenvalue weighted by molar-refractivity contribution is 5.91. The van der Waals surface area contributed by atoms with E-state index >= 15 is 0 Å². The first-order chi connectivity index (χ1) is 12.8. The van der Waals surface area contributed by atoms with E-state index < -0.39 is 0 Å². The molecule has 1 saturated carbocycles. The van der Waals surface area contributed by atoms with Gasteiger partial charge in [0.25, 0.3) is 5.91 Å². The van der Waals surface area contributed by atoms with Crippen LogP contribution in [0.2, 0.25) is 0 Å². The van der Waals surface area contributed by atoms with Gasteiger partial charge in [-0.2, -0.15) is 0 Å². The molecule has 1 aliphatic rings. The van der Waals surface area contributed by atoms with Gasteiger partial charge in [-0.25, -0.2) is 0 Å². The molecule has 4 heteroatoms. The van der Waals surface area contributed by atoms with Crippen LogP contribution in [0.25, 0.3) is 10.8 Å².